The van der Waals surface area contributed by atoms with E-state index >= 15 is 0 Å². The fourth-order valence-corrected chi connectivity index (χ4v) is 3.13. The molecule has 0 fully saturated rings. The van der Waals surface area contributed by atoms with Crippen molar-refractivity contribution in [1.29, 1.82) is 0 Å². The van der Waals surface area contributed by atoms with E-state index < -0.39 is 0 Å². The van der Waals surface area contributed by atoms with Crippen LogP contribution in [0.25, 0.3) is 21.8 Å². The number of aliphatic hydroxyl groups is 2. The summed E-state index contributed by atoms with van der Waals surface area (Å²) in [5.74, 6) is -0.0670. The van der Waals surface area contributed by atoms with Crippen LogP contribution in [0.4, 0.5) is 0 Å². The average molecular weight is 576 g/mol. The summed E-state index contributed by atoms with van der Waals surface area (Å²) in [5.41, 5.74) is 1.04. The number of rotatable bonds is 0. The van der Waals surface area contributed by atoms with Gasteiger partial charge in [0.1, 0.15) is 0 Å². The van der Waals surface area contributed by atoms with Crippen LogP contribution in [0.2, 0.25) is 0 Å². The second-order valence-corrected chi connectivity index (χ2v) is 6.60. The molecule has 0 radical (unpaired) electrons. The Morgan fingerprint density at radius 1 is 0.655 bits per heavy atom. The minimum atomic E-state index is -0.0335. The standard InChI is InChI=1S/2C9H6BrNO.2CH4O.Zn/c2*10-7-3-4-8(12)9-6(7)2-1-5-11-9;2*1-2;/h2*1-5,12H;2*2H,1H3;/q;;;;+2/p-2. The van der Waals surface area contributed by atoms with Gasteiger partial charge in [-0.1, -0.05) is 67.6 Å². The van der Waals surface area contributed by atoms with Crippen molar-refractivity contribution in [1.82, 2.24) is 9.97 Å². The molecule has 0 bridgehead atoms. The van der Waals surface area contributed by atoms with E-state index in [0.717, 1.165) is 33.9 Å². The Hall–Kier alpha value is -1.64. The third-order valence-electron chi connectivity index (χ3n) is 3.36. The summed E-state index contributed by atoms with van der Waals surface area (Å²) in [4.78, 5) is 8.00. The zero-order valence-corrected chi connectivity index (χ0v) is 22.0. The molecule has 4 aromatic rings. The largest absolute Gasteiger partial charge is 2.00 e. The molecule has 0 aliphatic rings. The summed E-state index contributed by atoms with van der Waals surface area (Å²) < 4.78 is 1.82. The molecule has 9 heteroatoms. The second-order valence-electron chi connectivity index (χ2n) is 4.89. The van der Waals surface area contributed by atoms with E-state index in [9.17, 15) is 10.2 Å². The molecule has 0 saturated heterocycles. The van der Waals surface area contributed by atoms with Crippen LogP contribution in [0.3, 0.4) is 0 Å². The number of hydrogen-bond acceptors (Lipinski definition) is 6. The molecule has 29 heavy (non-hydrogen) atoms. The van der Waals surface area contributed by atoms with Gasteiger partial charge in [-0.15, -0.1) is 0 Å². The molecule has 0 spiro atoms. The normalized spacial score (nSPS) is 9.03. The Kier molecular flexibility index (Phi) is 13.6. The zero-order chi connectivity index (χ0) is 21.1. The molecule has 148 valence electrons. The van der Waals surface area contributed by atoms with Crippen molar-refractivity contribution >= 4 is 53.7 Å². The van der Waals surface area contributed by atoms with Gasteiger partial charge in [0.2, 0.25) is 0 Å². The third-order valence-corrected chi connectivity index (χ3v) is 4.74. The molecule has 2 aromatic carbocycles. The fourth-order valence-electron chi connectivity index (χ4n) is 2.22. The number of fused-ring (bicyclic) bond motifs is 2. The Morgan fingerprint density at radius 2 is 1.00 bits per heavy atom. The molecule has 0 aliphatic carbocycles. The molecule has 2 heterocycles. The number of aliphatic hydroxyl groups excluding tert-OH is 2. The predicted molar refractivity (Wildman–Crippen MR) is 114 cm³/mol. The van der Waals surface area contributed by atoms with Crippen molar-refractivity contribution in [2.24, 2.45) is 0 Å². The Balaban J connectivity index is 0.000000449. The first kappa shape index (κ1) is 27.4. The first-order chi connectivity index (χ1) is 13.6. The molecule has 0 atom stereocenters. The minimum absolute atomic E-state index is 0. The van der Waals surface area contributed by atoms with Crippen LogP contribution in [-0.2, 0) is 19.5 Å². The average Bonchev–Trinajstić information content (AvgIpc) is 2.77. The minimum Gasteiger partial charge on any atom is -0.871 e. The number of hydrogen-bond donors (Lipinski definition) is 2. The van der Waals surface area contributed by atoms with Crippen LogP contribution < -0.4 is 10.2 Å². The van der Waals surface area contributed by atoms with Gasteiger partial charge in [0.05, 0.1) is 11.0 Å². The molecular weight excluding hydrogens is 557 g/mol. The number of benzene rings is 2. The summed E-state index contributed by atoms with van der Waals surface area (Å²) in [7, 11) is 2.00. The molecule has 0 saturated carbocycles. The topological polar surface area (TPSA) is 112 Å². The Morgan fingerprint density at radius 3 is 1.31 bits per heavy atom. The number of halogens is 2. The maximum absolute atomic E-state index is 11.2. The first-order valence-electron chi connectivity index (χ1n) is 7.88. The van der Waals surface area contributed by atoms with Gasteiger partial charge in [0.15, 0.2) is 0 Å². The number of pyridine rings is 2. The Bertz CT molecular complexity index is 871. The van der Waals surface area contributed by atoms with Crippen LogP contribution >= 0.6 is 31.9 Å². The summed E-state index contributed by atoms with van der Waals surface area (Å²) in [6.07, 6.45) is 3.24. The van der Waals surface area contributed by atoms with Gasteiger partial charge in [-0.05, 0) is 24.3 Å². The van der Waals surface area contributed by atoms with Gasteiger partial charge in [0, 0.05) is 46.3 Å². The van der Waals surface area contributed by atoms with Crippen molar-refractivity contribution in [3.05, 3.63) is 69.9 Å². The van der Waals surface area contributed by atoms with E-state index in [1.807, 2.05) is 24.3 Å². The monoisotopic (exact) mass is 572 g/mol. The molecule has 0 amide bonds. The van der Waals surface area contributed by atoms with Crippen molar-refractivity contribution in [3.63, 3.8) is 0 Å². The van der Waals surface area contributed by atoms with Crippen molar-refractivity contribution in [2.45, 2.75) is 0 Å². The van der Waals surface area contributed by atoms with E-state index in [-0.39, 0.29) is 31.0 Å². The molecule has 2 aromatic heterocycles. The van der Waals surface area contributed by atoms with E-state index in [1.54, 1.807) is 24.5 Å². The van der Waals surface area contributed by atoms with E-state index in [0.29, 0.717) is 11.0 Å². The van der Waals surface area contributed by atoms with E-state index in [1.165, 1.54) is 12.1 Å². The van der Waals surface area contributed by atoms with Gasteiger partial charge < -0.3 is 20.4 Å². The van der Waals surface area contributed by atoms with Gasteiger partial charge >= 0.3 is 19.5 Å². The predicted octanol–water partition coefficient (Wildman–Crippen LogP) is 3.36. The molecule has 0 aliphatic heterocycles. The van der Waals surface area contributed by atoms with Crippen molar-refractivity contribution in [3.8, 4) is 11.5 Å². The molecule has 0 unspecified atom stereocenters. The molecule has 4 rings (SSSR count). The summed E-state index contributed by atoms with van der Waals surface area (Å²) >= 11 is 6.70. The van der Waals surface area contributed by atoms with Gasteiger partial charge in [-0.25, -0.2) is 0 Å². The zero-order valence-electron chi connectivity index (χ0n) is 15.8. The maximum atomic E-state index is 11.2. The number of nitrogens with zero attached hydrogens (tertiary/aromatic N) is 2. The quantitative estimate of drug-likeness (QED) is 0.311. The van der Waals surface area contributed by atoms with Crippen LogP contribution in [0.15, 0.2) is 69.9 Å². The van der Waals surface area contributed by atoms with Gasteiger partial charge in [0.25, 0.3) is 0 Å². The molecule has 2 N–H and O–H groups in total. The Labute approximate surface area is 198 Å². The third kappa shape index (κ3) is 7.28. The fraction of sp³-hybridized carbons (Fsp3) is 0.100. The van der Waals surface area contributed by atoms with Crippen LogP contribution in [0.1, 0.15) is 0 Å². The van der Waals surface area contributed by atoms with E-state index in [2.05, 4.69) is 41.8 Å². The second kappa shape index (κ2) is 14.4. The SMILES string of the molecule is CO.CO.[O-]c1ccc(Br)c2cccnc12.[O-]c1ccc(Br)c2cccnc12.[Zn+2]. The van der Waals surface area contributed by atoms with Crippen molar-refractivity contribution in [2.75, 3.05) is 14.2 Å². The van der Waals surface area contributed by atoms with Crippen LogP contribution in [0, 0.1) is 0 Å². The van der Waals surface area contributed by atoms with Gasteiger partial charge in [-0.3, -0.25) is 9.97 Å². The van der Waals surface area contributed by atoms with Crippen molar-refractivity contribution < 1.29 is 39.9 Å². The summed E-state index contributed by atoms with van der Waals surface area (Å²) in [6.45, 7) is 0. The summed E-state index contributed by atoms with van der Waals surface area (Å²) in [5, 5.41) is 38.2. The van der Waals surface area contributed by atoms with Crippen LogP contribution in [-0.4, -0.2) is 34.4 Å². The van der Waals surface area contributed by atoms with Gasteiger partial charge in [-0.2, -0.15) is 0 Å². The molecule has 6 nitrogen and oxygen atoms in total. The van der Waals surface area contributed by atoms with E-state index in [4.69, 9.17) is 10.2 Å². The number of aromatic nitrogens is 2. The summed E-state index contributed by atoms with van der Waals surface area (Å²) in [6, 6.07) is 13.9. The molecular formula is C20H18Br2N2O4Zn. The smallest absolute Gasteiger partial charge is 0.871 e. The first-order valence-corrected chi connectivity index (χ1v) is 9.46. The van der Waals surface area contributed by atoms with Crippen LogP contribution in [0.5, 0.6) is 11.5 Å². The maximum Gasteiger partial charge on any atom is 2.00 e.